The third kappa shape index (κ3) is 6.15. The number of hydrogen-bond acceptors (Lipinski definition) is 7. The molecule has 5 aromatic rings. The number of carbonyl (C=O) groups excluding carboxylic acids is 2. The second-order valence-corrected chi connectivity index (χ2v) is 8.95. The Hall–Kier alpha value is -5.70. The zero-order valence-corrected chi connectivity index (χ0v) is 22.3. The molecule has 9 nitrogen and oxygen atoms in total. The average molecular weight is 547 g/mol. The molecule has 0 aliphatic rings. The highest BCUT2D eigenvalue weighted by molar-refractivity contribution is 6.11. The summed E-state index contributed by atoms with van der Waals surface area (Å²) in [5.41, 5.74) is 2.29. The van der Waals surface area contributed by atoms with Crippen molar-refractivity contribution < 1.29 is 24.2 Å². The number of methoxy groups -OCH3 is 2. The molecule has 5 aromatic carbocycles. The molecular weight excluding hydrogens is 520 g/mol. The van der Waals surface area contributed by atoms with Crippen molar-refractivity contribution in [3.63, 3.8) is 0 Å². The predicted molar refractivity (Wildman–Crippen MR) is 158 cm³/mol. The largest absolute Gasteiger partial charge is 0.505 e. The van der Waals surface area contributed by atoms with Crippen LogP contribution < -0.4 is 20.1 Å². The number of fused-ring (bicyclic) bond motifs is 1. The van der Waals surface area contributed by atoms with E-state index in [4.69, 9.17) is 9.47 Å². The zero-order valence-electron chi connectivity index (χ0n) is 22.3. The normalized spacial score (nSPS) is 10.9. The van der Waals surface area contributed by atoms with Gasteiger partial charge in [0.2, 0.25) is 0 Å². The van der Waals surface area contributed by atoms with Gasteiger partial charge in [0.1, 0.15) is 17.2 Å². The van der Waals surface area contributed by atoms with Crippen LogP contribution in [-0.2, 0) is 0 Å². The quantitative estimate of drug-likeness (QED) is 0.174. The van der Waals surface area contributed by atoms with E-state index in [0.29, 0.717) is 44.9 Å². The SMILES string of the molecule is COc1ccc(NC(=O)c2ccc(N=Nc3c(O)c(C(=O)Nc4ccc(OC)cc4)cc4ccccc34)cc2)cc1. The minimum atomic E-state index is -0.498. The van der Waals surface area contributed by atoms with Crippen LogP contribution in [0.1, 0.15) is 20.7 Å². The molecule has 0 saturated carbocycles. The number of nitrogens with one attached hydrogen (secondary N) is 2. The van der Waals surface area contributed by atoms with Crippen LogP contribution in [-0.4, -0.2) is 31.1 Å². The summed E-state index contributed by atoms with van der Waals surface area (Å²) in [7, 11) is 3.14. The van der Waals surface area contributed by atoms with Crippen molar-refractivity contribution in [2.24, 2.45) is 10.2 Å². The molecular formula is C32H26N4O5. The molecule has 9 heteroatoms. The summed E-state index contributed by atoms with van der Waals surface area (Å²) in [5.74, 6) is 0.277. The molecule has 3 N–H and O–H groups in total. The van der Waals surface area contributed by atoms with Crippen molar-refractivity contribution in [2.75, 3.05) is 24.9 Å². The fraction of sp³-hybridized carbons (Fsp3) is 0.0625. The Balaban J connectivity index is 1.37. The first-order valence-electron chi connectivity index (χ1n) is 12.6. The first-order chi connectivity index (χ1) is 19.9. The monoisotopic (exact) mass is 546 g/mol. The highest BCUT2D eigenvalue weighted by Crippen LogP contribution is 2.39. The van der Waals surface area contributed by atoms with Crippen LogP contribution in [0.25, 0.3) is 10.8 Å². The Morgan fingerprint density at radius 3 is 1.83 bits per heavy atom. The van der Waals surface area contributed by atoms with Crippen LogP contribution in [0.2, 0.25) is 0 Å². The third-order valence-electron chi connectivity index (χ3n) is 6.33. The van der Waals surface area contributed by atoms with Gasteiger partial charge < -0.3 is 25.2 Å². The molecule has 0 atom stereocenters. The van der Waals surface area contributed by atoms with E-state index in [1.54, 1.807) is 99.1 Å². The van der Waals surface area contributed by atoms with Gasteiger partial charge in [-0.25, -0.2) is 0 Å². The minimum Gasteiger partial charge on any atom is -0.505 e. The number of benzene rings is 5. The lowest BCUT2D eigenvalue weighted by atomic mass is 10.0. The third-order valence-corrected chi connectivity index (χ3v) is 6.33. The number of rotatable bonds is 8. The standard InChI is InChI=1S/C32H26N4O5/c1-40-25-15-11-22(12-16-25)33-31(38)20-7-9-24(10-8-20)35-36-29-27-6-4-3-5-21(27)19-28(30(29)37)32(39)34-23-13-17-26(41-2)18-14-23/h3-19,37H,1-2H3,(H,33,38)(H,34,39). The maximum atomic E-state index is 13.1. The summed E-state index contributed by atoms with van der Waals surface area (Å²) in [5, 5.41) is 26.6. The number of phenols is 1. The van der Waals surface area contributed by atoms with Gasteiger partial charge >= 0.3 is 0 Å². The van der Waals surface area contributed by atoms with Crippen molar-refractivity contribution >= 4 is 45.3 Å². The number of carbonyl (C=O) groups is 2. The molecule has 5 rings (SSSR count). The van der Waals surface area contributed by atoms with Gasteiger partial charge in [0, 0.05) is 22.3 Å². The highest BCUT2D eigenvalue weighted by atomic mass is 16.5. The number of ether oxygens (including phenoxy) is 2. The van der Waals surface area contributed by atoms with Crippen LogP contribution in [0.4, 0.5) is 22.7 Å². The van der Waals surface area contributed by atoms with Gasteiger partial charge in [-0.15, -0.1) is 5.11 Å². The van der Waals surface area contributed by atoms with Crippen molar-refractivity contribution in [1.82, 2.24) is 0 Å². The molecule has 0 bridgehead atoms. The van der Waals surface area contributed by atoms with Crippen molar-refractivity contribution in [1.29, 1.82) is 0 Å². The second-order valence-electron chi connectivity index (χ2n) is 8.95. The fourth-order valence-corrected chi connectivity index (χ4v) is 4.13. The molecule has 2 amide bonds. The van der Waals surface area contributed by atoms with Gasteiger partial charge in [-0.3, -0.25) is 9.59 Å². The van der Waals surface area contributed by atoms with E-state index in [-0.39, 0.29) is 22.9 Å². The van der Waals surface area contributed by atoms with Crippen LogP contribution in [0, 0.1) is 0 Å². The molecule has 0 unspecified atom stereocenters. The van der Waals surface area contributed by atoms with Crippen molar-refractivity contribution in [3.8, 4) is 17.2 Å². The van der Waals surface area contributed by atoms with Crippen LogP contribution in [0.3, 0.4) is 0 Å². The lowest BCUT2D eigenvalue weighted by molar-refractivity contribution is 0.101. The summed E-state index contributed by atoms with van der Waals surface area (Å²) in [6.45, 7) is 0. The molecule has 0 aliphatic heterocycles. The Kier molecular flexibility index (Phi) is 7.87. The van der Waals surface area contributed by atoms with E-state index in [2.05, 4.69) is 20.9 Å². The summed E-state index contributed by atoms with van der Waals surface area (Å²) in [4.78, 5) is 25.7. The van der Waals surface area contributed by atoms with Gasteiger partial charge in [-0.2, -0.15) is 5.11 Å². The Labute approximate surface area is 236 Å². The Bertz CT molecular complexity index is 1730. The molecule has 41 heavy (non-hydrogen) atoms. The molecule has 0 radical (unpaired) electrons. The number of anilines is 2. The summed E-state index contributed by atoms with van der Waals surface area (Å²) < 4.78 is 10.3. The van der Waals surface area contributed by atoms with Crippen molar-refractivity contribution in [2.45, 2.75) is 0 Å². The van der Waals surface area contributed by atoms with Gasteiger partial charge in [-0.1, -0.05) is 24.3 Å². The maximum absolute atomic E-state index is 13.1. The first kappa shape index (κ1) is 26.9. The zero-order chi connectivity index (χ0) is 28.8. The Morgan fingerprint density at radius 2 is 1.24 bits per heavy atom. The molecule has 204 valence electrons. The van der Waals surface area contributed by atoms with Crippen LogP contribution in [0.5, 0.6) is 17.2 Å². The minimum absolute atomic E-state index is 0.0546. The lowest BCUT2D eigenvalue weighted by Crippen LogP contribution is -2.12. The summed E-state index contributed by atoms with van der Waals surface area (Å²) >= 11 is 0. The van der Waals surface area contributed by atoms with E-state index < -0.39 is 5.91 Å². The highest BCUT2D eigenvalue weighted by Gasteiger charge is 2.19. The van der Waals surface area contributed by atoms with E-state index in [1.165, 1.54) is 0 Å². The van der Waals surface area contributed by atoms with Crippen LogP contribution in [0.15, 0.2) is 113 Å². The van der Waals surface area contributed by atoms with Gasteiger partial charge in [0.15, 0.2) is 5.75 Å². The molecule has 0 aromatic heterocycles. The molecule has 0 spiro atoms. The smallest absolute Gasteiger partial charge is 0.259 e. The average Bonchev–Trinajstić information content (AvgIpc) is 3.01. The van der Waals surface area contributed by atoms with E-state index in [0.717, 1.165) is 0 Å². The Morgan fingerprint density at radius 1 is 0.683 bits per heavy atom. The molecule has 0 aliphatic carbocycles. The number of azo groups is 1. The van der Waals surface area contributed by atoms with Gasteiger partial charge in [-0.05, 0) is 84.2 Å². The van der Waals surface area contributed by atoms with Gasteiger partial charge in [0.05, 0.1) is 25.5 Å². The molecule has 0 saturated heterocycles. The van der Waals surface area contributed by atoms with E-state index >= 15 is 0 Å². The summed E-state index contributed by atoms with van der Waals surface area (Å²) in [6, 6.07) is 29.3. The van der Waals surface area contributed by atoms with E-state index in [1.807, 2.05) is 18.2 Å². The topological polar surface area (TPSA) is 122 Å². The molecule has 0 fully saturated rings. The number of amides is 2. The van der Waals surface area contributed by atoms with Crippen molar-refractivity contribution in [3.05, 3.63) is 114 Å². The van der Waals surface area contributed by atoms with Gasteiger partial charge in [0.25, 0.3) is 11.8 Å². The van der Waals surface area contributed by atoms with Crippen LogP contribution >= 0.6 is 0 Å². The number of hydrogen-bond donors (Lipinski definition) is 3. The predicted octanol–water partition coefficient (Wildman–Crippen LogP) is 7.48. The number of aromatic hydroxyl groups is 1. The molecule has 0 heterocycles. The fourth-order valence-electron chi connectivity index (χ4n) is 4.13. The lowest BCUT2D eigenvalue weighted by Gasteiger charge is -2.11. The first-order valence-corrected chi connectivity index (χ1v) is 12.6. The summed E-state index contributed by atoms with van der Waals surface area (Å²) in [6.07, 6.45) is 0. The second kappa shape index (κ2) is 12.0. The number of phenolic OH excluding ortho intramolecular Hbond substituents is 1. The van der Waals surface area contributed by atoms with E-state index in [9.17, 15) is 14.7 Å². The number of nitrogens with zero attached hydrogens (tertiary/aromatic N) is 2. The maximum Gasteiger partial charge on any atom is 0.259 e.